The molecule has 0 spiro atoms. The van der Waals surface area contributed by atoms with Gasteiger partial charge in [0.15, 0.2) is 0 Å². The minimum atomic E-state index is 0.185. The fraction of sp³-hybridized carbons (Fsp3) is 0.923. The Hall–Kier alpha value is -0.370. The predicted octanol–water partition coefficient (Wildman–Crippen LogP) is 3.29. The first-order valence-electron chi connectivity index (χ1n) is 6.35. The summed E-state index contributed by atoms with van der Waals surface area (Å²) in [5, 5.41) is 0. The third-order valence-corrected chi connectivity index (χ3v) is 2.92. The molecule has 2 N–H and O–H groups in total. The maximum absolute atomic E-state index is 11.5. The van der Waals surface area contributed by atoms with Gasteiger partial charge < -0.3 is 5.73 Å². The molecule has 0 aromatic heterocycles. The summed E-state index contributed by atoms with van der Waals surface area (Å²) in [5.41, 5.74) is 5.89. The second-order valence-electron chi connectivity index (χ2n) is 4.80. The highest BCUT2D eigenvalue weighted by molar-refractivity contribution is 5.78. The molecule has 0 radical (unpaired) electrons. The number of hydrogen-bond acceptors (Lipinski definition) is 2. The molecule has 0 aromatic rings. The van der Waals surface area contributed by atoms with Crippen LogP contribution in [-0.2, 0) is 4.79 Å². The Balaban J connectivity index is 3.41. The maximum atomic E-state index is 11.5. The zero-order valence-electron chi connectivity index (χ0n) is 10.6. The molecule has 15 heavy (non-hydrogen) atoms. The zero-order chi connectivity index (χ0) is 11.7. The van der Waals surface area contributed by atoms with E-state index in [0.29, 0.717) is 18.1 Å². The topological polar surface area (TPSA) is 43.1 Å². The van der Waals surface area contributed by atoms with Crippen LogP contribution in [0.1, 0.15) is 65.7 Å². The fourth-order valence-corrected chi connectivity index (χ4v) is 1.53. The number of carbonyl (C=O) groups is 1. The SMILES string of the molecule is CCCCCCC(=O)CCC(N)C(C)C. The van der Waals surface area contributed by atoms with Crippen LogP contribution in [0.3, 0.4) is 0 Å². The lowest BCUT2D eigenvalue weighted by Crippen LogP contribution is -2.26. The summed E-state index contributed by atoms with van der Waals surface area (Å²) < 4.78 is 0. The molecule has 90 valence electrons. The highest BCUT2D eigenvalue weighted by atomic mass is 16.1. The maximum Gasteiger partial charge on any atom is 0.132 e. The molecule has 2 nitrogen and oxygen atoms in total. The lowest BCUT2D eigenvalue weighted by molar-refractivity contribution is -0.119. The van der Waals surface area contributed by atoms with Crippen LogP contribution in [0.5, 0.6) is 0 Å². The Morgan fingerprint density at radius 3 is 2.33 bits per heavy atom. The molecule has 0 amide bonds. The number of nitrogens with two attached hydrogens (primary N) is 1. The van der Waals surface area contributed by atoms with Crippen molar-refractivity contribution < 1.29 is 4.79 Å². The number of ketones is 1. The van der Waals surface area contributed by atoms with Gasteiger partial charge in [0, 0.05) is 18.9 Å². The Bertz CT molecular complexity index is 166. The van der Waals surface area contributed by atoms with Gasteiger partial charge in [-0.1, -0.05) is 40.0 Å². The van der Waals surface area contributed by atoms with Gasteiger partial charge in [0.05, 0.1) is 0 Å². The van der Waals surface area contributed by atoms with E-state index in [9.17, 15) is 4.79 Å². The number of carbonyl (C=O) groups excluding carboxylic acids is 1. The predicted molar refractivity (Wildman–Crippen MR) is 65.8 cm³/mol. The fourth-order valence-electron chi connectivity index (χ4n) is 1.53. The van der Waals surface area contributed by atoms with Gasteiger partial charge in [-0.2, -0.15) is 0 Å². The first-order chi connectivity index (χ1) is 7.07. The average molecular weight is 213 g/mol. The van der Waals surface area contributed by atoms with Gasteiger partial charge in [0.25, 0.3) is 0 Å². The lowest BCUT2D eigenvalue weighted by Gasteiger charge is -2.14. The molecular formula is C13H27NO. The molecule has 0 aliphatic carbocycles. The largest absolute Gasteiger partial charge is 0.327 e. The summed E-state index contributed by atoms with van der Waals surface area (Å²) in [6.45, 7) is 6.40. The molecular weight excluding hydrogens is 186 g/mol. The van der Waals surface area contributed by atoms with Gasteiger partial charge >= 0.3 is 0 Å². The van der Waals surface area contributed by atoms with Gasteiger partial charge in [-0.25, -0.2) is 0 Å². The quantitative estimate of drug-likeness (QED) is 0.597. The van der Waals surface area contributed by atoms with Crippen LogP contribution in [0, 0.1) is 5.92 Å². The number of unbranched alkanes of at least 4 members (excludes halogenated alkanes) is 3. The van der Waals surface area contributed by atoms with E-state index in [-0.39, 0.29) is 6.04 Å². The van der Waals surface area contributed by atoms with Crippen LogP contribution in [0.15, 0.2) is 0 Å². The molecule has 0 saturated heterocycles. The van der Waals surface area contributed by atoms with Crippen molar-refractivity contribution in [1.29, 1.82) is 0 Å². The Labute approximate surface area is 94.6 Å². The summed E-state index contributed by atoms with van der Waals surface area (Å²) in [4.78, 5) is 11.5. The lowest BCUT2D eigenvalue weighted by atomic mass is 9.97. The first-order valence-corrected chi connectivity index (χ1v) is 6.35. The van der Waals surface area contributed by atoms with E-state index >= 15 is 0 Å². The van der Waals surface area contributed by atoms with Crippen LogP contribution in [0.25, 0.3) is 0 Å². The van der Waals surface area contributed by atoms with Crippen molar-refractivity contribution in [2.24, 2.45) is 11.7 Å². The second-order valence-corrected chi connectivity index (χ2v) is 4.80. The van der Waals surface area contributed by atoms with Crippen LogP contribution >= 0.6 is 0 Å². The van der Waals surface area contributed by atoms with Gasteiger partial charge in [-0.15, -0.1) is 0 Å². The average Bonchev–Trinajstić information content (AvgIpc) is 2.20. The monoisotopic (exact) mass is 213 g/mol. The Morgan fingerprint density at radius 1 is 1.13 bits per heavy atom. The van der Waals surface area contributed by atoms with Crippen molar-refractivity contribution >= 4 is 5.78 Å². The van der Waals surface area contributed by atoms with Crippen molar-refractivity contribution in [3.63, 3.8) is 0 Å². The van der Waals surface area contributed by atoms with Gasteiger partial charge in [-0.05, 0) is 18.8 Å². The molecule has 0 saturated carbocycles. The van der Waals surface area contributed by atoms with Crippen molar-refractivity contribution in [3.8, 4) is 0 Å². The van der Waals surface area contributed by atoms with Crippen molar-refractivity contribution in [1.82, 2.24) is 0 Å². The van der Waals surface area contributed by atoms with E-state index in [4.69, 9.17) is 5.73 Å². The van der Waals surface area contributed by atoms with E-state index in [0.717, 1.165) is 19.3 Å². The third-order valence-electron chi connectivity index (χ3n) is 2.92. The molecule has 1 unspecified atom stereocenters. The van der Waals surface area contributed by atoms with E-state index < -0.39 is 0 Å². The summed E-state index contributed by atoms with van der Waals surface area (Å²) >= 11 is 0. The van der Waals surface area contributed by atoms with E-state index in [1.54, 1.807) is 0 Å². The van der Waals surface area contributed by atoms with Crippen LogP contribution < -0.4 is 5.73 Å². The minimum absolute atomic E-state index is 0.185. The van der Waals surface area contributed by atoms with E-state index in [2.05, 4.69) is 20.8 Å². The van der Waals surface area contributed by atoms with E-state index in [1.165, 1.54) is 19.3 Å². The van der Waals surface area contributed by atoms with Crippen molar-refractivity contribution in [2.75, 3.05) is 0 Å². The van der Waals surface area contributed by atoms with Crippen LogP contribution in [0.4, 0.5) is 0 Å². The standard InChI is InChI=1S/C13H27NO/c1-4-5-6-7-8-12(15)9-10-13(14)11(2)3/h11,13H,4-10,14H2,1-3H3. The number of rotatable bonds is 9. The Morgan fingerprint density at radius 2 is 1.80 bits per heavy atom. The molecule has 0 aromatic carbocycles. The molecule has 1 atom stereocenters. The van der Waals surface area contributed by atoms with Crippen LogP contribution in [-0.4, -0.2) is 11.8 Å². The molecule has 2 heteroatoms. The molecule has 0 fully saturated rings. The van der Waals surface area contributed by atoms with Gasteiger partial charge in [0.2, 0.25) is 0 Å². The summed E-state index contributed by atoms with van der Waals surface area (Å²) in [6, 6.07) is 0.185. The van der Waals surface area contributed by atoms with Crippen LogP contribution in [0.2, 0.25) is 0 Å². The summed E-state index contributed by atoms with van der Waals surface area (Å²) in [6.07, 6.45) is 7.01. The second kappa shape index (κ2) is 8.90. The number of hydrogen-bond donors (Lipinski definition) is 1. The molecule has 0 rings (SSSR count). The van der Waals surface area contributed by atoms with Gasteiger partial charge in [0.1, 0.15) is 5.78 Å². The molecule has 0 heterocycles. The van der Waals surface area contributed by atoms with Crippen molar-refractivity contribution in [3.05, 3.63) is 0 Å². The minimum Gasteiger partial charge on any atom is -0.327 e. The highest BCUT2D eigenvalue weighted by Gasteiger charge is 2.09. The summed E-state index contributed by atoms with van der Waals surface area (Å²) in [7, 11) is 0. The first kappa shape index (κ1) is 14.6. The smallest absolute Gasteiger partial charge is 0.132 e. The number of Topliss-reactive ketones (excluding diaryl/α,β-unsaturated/α-hetero) is 1. The van der Waals surface area contributed by atoms with E-state index in [1.807, 2.05) is 0 Å². The molecule has 0 bridgehead atoms. The molecule has 0 aliphatic heterocycles. The normalized spacial score (nSPS) is 13.1. The highest BCUT2D eigenvalue weighted by Crippen LogP contribution is 2.09. The zero-order valence-corrected chi connectivity index (χ0v) is 10.6. The summed E-state index contributed by atoms with van der Waals surface area (Å²) in [5.74, 6) is 0.875. The third kappa shape index (κ3) is 8.61. The van der Waals surface area contributed by atoms with Crippen molar-refractivity contribution in [2.45, 2.75) is 71.8 Å². The Kier molecular flexibility index (Phi) is 8.68. The van der Waals surface area contributed by atoms with Gasteiger partial charge in [-0.3, -0.25) is 4.79 Å². The molecule has 0 aliphatic rings.